The van der Waals surface area contributed by atoms with Crippen LogP contribution in [0.1, 0.15) is 26.2 Å². The number of aliphatic hydroxyl groups is 1. The molecule has 0 aromatic rings. The summed E-state index contributed by atoms with van der Waals surface area (Å²) in [6.07, 6.45) is 3.32. The standard InChI is InChI=1S/C13H24N2O2/c1-11-2-6-15(7-3-11)13(17)9-14-5-4-12(8-14)10-16/h11-12,16H,2-10H2,1H3/t12-/m0/s1. The number of carbonyl (C=O) groups is 1. The fraction of sp³-hybridized carbons (Fsp3) is 0.923. The molecule has 2 rings (SSSR count). The van der Waals surface area contributed by atoms with Gasteiger partial charge in [-0.05, 0) is 37.6 Å². The van der Waals surface area contributed by atoms with E-state index in [0.29, 0.717) is 12.5 Å². The largest absolute Gasteiger partial charge is 0.396 e. The third kappa shape index (κ3) is 3.42. The van der Waals surface area contributed by atoms with E-state index < -0.39 is 0 Å². The van der Waals surface area contributed by atoms with Crippen molar-refractivity contribution in [2.45, 2.75) is 26.2 Å². The van der Waals surface area contributed by atoms with Crippen LogP contribution >= 0.6 is 0 Å². The minimum atomic E-state index is 0.256. The Morgan fingerprint density at radius 1 is 1.24 bits per heavy atom. The molecule has 0 spiro atoms. The predicted octanol–water partition coefficient (Wildman–Crippen LogP) is 0.559. The van der Waals surface area contributed by atoms with Crippen LogP contribution in [0.3, 0.4) is 0 Å². The highest BCUT2D eigenvalue weighted by Gasteiger charge is 2.26. The summed E-state index contributed by atoms with van der Waals surface area (Å²) in [4.78, 5) is 16.3. The molecule has 0 unspecified atom stereocenters. The molecule has 1 N–H and O–H groups in total. The maximum atomic E-state index is 12.1. The lowest BCUT2D eigenvalue weighted by Gasteiger charge is -2.31. The molecule has 0 aromatic heterocycles. The Hall–Kier alpha value is -0.610. The summed E-state index contributed by atoms with van der Waals surface area (Å²) < 4.78 is 0. The zero-order valence-electron chi connectivity index (χ0n) is 10.8. The Balaban J connectivity index is 1.74. The highest BCUT2D eigenvalue weighted by atomic mass is 16.3. The number of amides is 1. The first kappa shape index (κ1) is 12.8. The monoisotopic (exact) mass is 240 g/mol. The van der Waals surface area contributed by atoms with Gasteiger partial charge in [-0.25, -0.2) is 0 Å². The molecule has 0 aliphatic carbocycles. The van der Waals surface area contributed by atoms with Gasteiger partial charge in [0, 0.05) is 26.2 Å². The number of piperidine rings is 1. The van der Waals surface area contributed by atoms with Crippen LogP contribution in [0.25, 0.3) is 0 Å². The SMILES string of the molecule is CC1CCN(C(=O)CN2CC[C@H](CO)C2)CC1. The van der Waals surface area contributed by atoms with Gasteiger partial charge >= 0.3 is 0 Å². The van der Waals surface area contributed by atoms with Gasteiger partial charge in [-0.3, -0.25) is 9.69 Å². The molecule has 2 heterocycles. The maximum Gasteiger partial charge on any atom is 0.236 e. The molecule has 4 nitrogen and oxygen atoms in total. The van der Waals surface area contributed by atoms with Crippen LogP contribution in [-0.2, 0) is 4.79 Å². The summed E-state index contributed by atoms with van der Waals surface area (Å²) in [5.41, 5.74) is 0. The van der Waals surface area contributed by atoms with Crippen molar-refractivity contribution in [2.24, 2.45) is 11.8 Å². The number of nitrogens with zero attached hydrogens (tertiary/aromatic N) is 2. The van der Waals surface area contributed by atoms with Crippen LogP contribution < -0.4 is 0 Å². The van der Waals surface area contributed by atoms with Crippen molar-refractivity contribution >= 4 is 5.91 Å². The molecule has 2 aliphatic rings. The van der Waals surface area contributed by atoms with E-state index in [1.54, 1.807) is 0 Å². The number of rotatable bonds is 3. The van der Waals surface area contributed by atoms with Crippen molar-refractivity contribution in [3.8, 4) is 0 Å². The lowest BCUT2D eigenvalue weighted by molar-refractivity contribution is -0.133. The Kier molecular flexibility index (Phi) is 4.40. The molecule has 4 heteroatoms. The highest BCUT2D eigenvalue weighted by molar-refractivity contribution is 5.78. The molecule has 2 fully saturated rings. The van der Waals surface area contributed by atoms with Gasteiger partial charge in [-0.15, -0.1) is 0 Å². The fourth-order valence-electron chi connectivity index (χ4n) is 2.75. The molecule has 0 bridgehead atoms. The first-order chi connectivity index (χ1) is 8.19. The molecule has 2 aliphatic heterocycles. The zero-order valence-corrected chi connectivity index (χ0v) is 10.8. The average molecular weight is 240 g/mol. The van der Waals surface area contributed by atoms with Crippen molar-refractivity contribution in [3.05, 3.63) is 0 Å². The second-order valence-corrected chi connectivity index (χ2v) is 5.64. The van der Waals surface area contributed by atoms with Crippen LogP contribution in [0.2, 0.25) is 0 Å². The lowest BCUT2D eigenvalue weighted by atomic mass is 9.99. The van der Waals surface area contributed by atoms with Crippen molar-refractivity contribution < 1.29 is 9.90 Å². The van der Waals surface area contributed by atoms with Gasteiger partial charge in [0.2, 0.25) is 5.91 Å². The smallest absolute Gasteiger partial charge is 0.236 e. The lowest BCUT2D eigenvalue weighted by Crippen LogP contribution is -2.43. The van der Waals surface area contributed by atoms with E-state index in [1.807, 2.05) is 4.90 Å². The van der Waals surface area contributed by atoms with Crippen molar-refractivity contribution in [1.82, 2.24) is 9.80 Å². The average Bonchev–Trinajstić information content (AvgIpc) is 2.77. The molecule has 0 radical (unpaired) electrons. The second kappa shape index (κ2) is 5.83. The quantitative estimate of drug-likeness (QED) is 0.784. The van der Waals surface area contributed by atoms with Crippen LogP contribution in [0.4, 0.5) is 0 Å². The Morgan fingerprint density at radius 3 is 2.53 bits per heavy atom. The number of hydrogen-bond acceptors (Lipinski definition) is 3. The van der Waals surface area contributed by atoms with Crippen molar-refractivity contribution in [3.63, 3.8) is 0 Å². The number of carbonyl (C=O) groups excluding carboxylic acids is 1. The van der Waals surface area contributed by atoms with Crippen molar-refractivity contribution in [2.75, 3.05) is 39.3 Å². The van der Waals surface area contributed by atoms with E-state index in [0.717, 1.165) is 51.4 Å². The van der Waals surface area contributed by atoms with Gasteiger partial charge in [0.1, 0.15) is 0 Å². The summed E-state index contributed by atoms with van der Waals surface area (Å²) >= 11 is 0. The number of aliphatic hydroxyl groups excluding tert-OH is 1. The molecular weight excluding hydrogens is 216 g/mol. The second-order valence-electron chi connectivity index (χ2n) is 5.64. The van der Waals surface area contributed by atoms with Crippen molar-refractivity contribution in [1.29, 1.82) is 0 Å². The minimum absolute atomic E-state index is 0.256. The third-order valence-corrected chi connectivity index (χ3v) is 4.12. The molecule has 0 saturated carbocycles. The molecule has 17 heavy (non-hydrogen) atoms. The molecule has 1 amide bonds. The summed E-state index contributed by atoms with van der Waals surface area (Å²) in [5, 5.41) is 9.07. The van der Waals surface area contributed by atoms with E-state index in [2.05, 4.69) is 11.8 Å². The van der Waals surface area contributed by atoms with E-state index in [4.69, 9.17) is 5.11 Å². The van der Waals surface area contributed by atoms with Gasteiger partial charge in [0.15, 0.2) is 0 Å². The fourth-order valence-corrected chi connectivity index (χ4v) is 2.75. The Morgan fingerprint density at radius 2 is 1.94 bits per heavy atom. The first-order valence-corrected chi connectivity index (χ1v) is 6.80. The topological polar surface area (TPSA) is 43.8 Å². The molecule has 0 aromatic carbocycles. The molecule has 98 valence electrons. The normalized spacial score (nSPS) is 27.6. The molecular formula is C13H24N2O2. The molecule has 1 atom stereocenters. The van der Waals surface area contributed by atoms with Gasteiger partial charge in [0.25, 0.3) is 0 Å². The first-order valence-electron chi connectivity index (χ1n) is 6.80. The summed E-state index contributed by atoms with van der Waals surface area (Å²) in [6.45, 7) is 6.76. The zero-order chi connectivity index (χ0) is 12.3. The summed E-state index contributed by atoms with van der Waals surface area (Å²) in [5.74, 6) is 1.42. The third-order valence-electron chi connectivity index (χ3n) is 4.12. The maximum absolute atomic E-state index is 12.1. The number of hydrogen-bond donors (Lipinski definition) is 1. The van der Waals surface area contributed by atoms with Gasteiger partial charge < -0.3 is 10.0 Å². The van der Waals surface area contributed by atoms with Crippen LogP contribution in [0.15, 0.2) is 0 Å². The van der Waals surface area contributed by atoms with Gasteiger partial charge in [-0.2, -0.15) is 0 Å². The van der Waals surface area contributed by atoms with E-state index in [1.165, 1.54) is 0 Å². The molecule has 2 saturated heterocycles. The Bertz CT molecular complexity index is 262. The van der Waals surface area contributed by atoms with E-state index >= 15 is 0 Å². The minimum Gasteiger partial charge on any atom is -0.396 e. The van der Waals surface area contributed by atoms with Gasteiger partial charge in [0.05, 0.1) is 6.54 Å². The van der Waals surface area contributed by atoms with E-state index in [9.17, 15) is 4.79 Å². The Labute approximate surface area is 104 Å². The van der Waals surface area contributed by atoms with Crippen LogP contribution in [0.5, 0.6) is 0 Å². The predicted molar refractivity (Wildman–Crippen MR) is 66.6 cm³/mol. The summed E-state index contributed by atoms with van der Waals surface area (Å²) in [7, 11) is 0. The highest BCUT2D eigenvalue weighted by Crippen LogP contribution is 2.18. The van der Waals surface area contributed by atoms with Gasteiger partial charge in [-0.1, -0.05) is 6.92 Å². The summed E-state index contributed by atoms with van der Waals surface area (Å²) in [6, 6.07) is 0. The van der Waals surface area contributed by atoms with Crippen LogP contribution in [0, 0.1) is 11.8 Å². The number of likely N-dealkylation sites (tertiary alicyclic amines) is 2. The van der Waals surface area contributed by atoms with Crippen LogP contribution in [-0.4, -0.2) is 60.1 Å². The van der Waals surface area contributed by atoms with E-state index in [-0.39, 0.29) is 12.5 Å².